The minimum Gasteiger partial charge on any atom is -0.355 e. The molecule has 1 atom stereocenters. The molecule has 0 aliphatic heterocycles. The van der Waals surface area contributed by atoms with Crippen LogP contribution in [-0.2, 0) is 39.0 Å². The summed E-state index contributed by atoms with van der Waals surface area (Å²) >= 11 is 3.43. The van der Waals surface area contributed by atoms with Gasteiger partial charge >= 0.3 is 0 Å². The Morgan fingerprint density at radius 1 is 0.895 bits per heavy atom. The molecule has 0 bridgehead atoms. The Kier molecular flexibility index (Phi) is 10.5. The highest BCUT2D eigenvalue weighted by molar-refractivity contribution is 9.10. The van der Waals surface area contributed by atoms with E-state index >= 15 is 0 Å². The second-order valence-electron chi connectivity index (χ2n) is 9.00. The number of hydrogen-bond donors (Lipinski definition) is 1. The molecule has 0 aliphatic rings. The number of nitrogens with one attached hydrogen (secondary N) is 1. The molecule has 1 N–H and O–H groups in total. The van der Waals surface area contributed by atoms with Crippen LogP contribution in [0.4, 0.5) is 5.69 Å². The number of aryl methyl sites for hydroxylation is 1. The van der Waals surface area contributed by atoms with Crippen molar-refractivity contribution < 1.29 is 18.0 Å². The second kappa shape index (κ2) is 13.6. The summed E-state index contributed by atoms with van der Waals surface area (Å²) < 4.78 is 27.9. The standard InChI is InChI=1S/C29H34BrN3O4S/c1-4-24-13-9-10-14-26(24)33(38(3,36)37)21-28(34)32(20-23-15-17-25(30)18-16-23)27(29(35)31-5-2)19-22-11-7-6-8-12-22/h6-18,27H,4-5,19-21H2,1-3H3,(H,31,35)/t27-/m0/s1. The summed E-state index contributed by atoms with van der Waals surface area (Å²) in [5.41, 5.74) is 3.00. The molecular formula is C29H34BrN3O4S. The van der Waals surface area contributed by atoms with Crippen LogP contribution in [0.1, 0.15) is 30.5 Å². The largest absolute Gasteiger partial charge is 0.355 e. The summed E-state index contributed by atoms with van der Waals surface area (Å²) in [5.74, 6) is -0.752. The van der Waals surface area contributed by atoms with Gasteiger partial charge in [0.25, 0.3) is 0 Å². The predicted octanol–water partition coefficient (Wildman–Crippen LogP) is 4.55. The summed E-state index contributed by atoms with van der Waals surface area (Å²) in [4.78, 5) is 28.9. The highest BCUT2D eigenvalue weighted by Gasteiger charge is 2.33. The number of benzene rings is 3. The normalized spacial score (nSPS) is 12.0. The fourth-order valence-corrected chi connectivity index (χ4v) is 5.43. The number of anilines is 1. The van der Waals surface area contributed by atoms with Crippen molar-refractivity contribution in [2.24, 2.45) is 0 Å². The molecule has 0 saturated carbocycles. The number of likely N-dealkylation sites (N-methyl/N-ethyl adjacent to an activating group) is 1. The fourth-order valence-electron chi connectivity index (χ4n) is 4.28. The summed E-state index contributed by atoms with van der Waals surface area (Å²) in [6.45, 7) is 3.89. The molecule has 2 amide bonds. The number of para-hydroxylation sites is 1. The molecule has 202 valence electrons. The first kappa shape index (κ1) is 29.4. The van der Waals surface area contributed by atoms with Crippen molar-refractivity contribution >= 4 is 43.5 Å². The molecule has 0 aromatic heterocycles. The Balaban J connectivity index is 2.05. The second-order valence-corrected chi connectivity index (χ2v) is 11.8. The van der Waals surface area contributed by atoms with Gasteiger partial charge in [-0.25, -0.2) is 8.42 Å². The van der Waals surface area contributed by atoms with E-state index in [2.05, 4.69) is 21.2 Å². The van der Waals surface area contributed by atoms with Crippen molar-refractivity contribution in [3.8, 4) is 0 Å². The monoisotopic (exact) mass is 599 g/mol. The third-order valence-electron chi connectivity index (χ3n) is 6.21. The van der Waals surface area contributed by atoms with Crippen molar-refractivity contribution in [2.75, 3.05) is 23.7 Å². The van der Waals surface area contributed by atoms with E-state index in [0.29, 0.717) is 25.1 Å². The van der Waals surface area contributed by atoms with Crippen LogP contribution in [0.3, 0.4) is 0 Å². The predicted molar refractivity (Wildman–Crippen MR) is 155 cm³/mol. The molecule has 0 saturated heterocycles. The minimum absolute atomic E-state index is 0.147. The SMILES string of the molecule is CCNC(=O)[C@H](Cc1ccccc1)N(Cc1ccc(Br)cc1)C(=O)CN(c1ccccc1CC)S(C)(=O)=O. The zero-order valence-corrected chi connectivity index (χ0v) is 24.3. The van der Waals surface area contributed by atoms with Gasteiger partial charge in [-0.2, -0.15) is 0 Å². The van der Waals surface area contributed by atoms with Gasteiger partial charge in [0.15, 0.2) is 0 Å². The first-order chi connectivity index (χ1) is 18.1. The molecule has 9 heteroatoms. The van der Waals surface area contributed by atoms with E-state index in [1.807, 2.05) is 80.6 Å². The molecule has 38 heavy (non-hydrogen) atoms. The lowest BCUT2D eigenvalue weighted by atomic mass is 10.0. The summed E-state index contributed by atoms with van der Waals surface area (Å²) in [7, 11) is -3.79. The lowest BCUT2D eigenvalue weighted by Gasteiger charge is -2.33. The number of nitrogens with zero attached hydrogens (tertiary/aromatic N) is 2. The molecule has 0 heterocycles. The van der Waals surface area contributed by atoms with Crippen LogP contribution in [0.15, 0.2) is 83.3 Å². The Morgan fingerprint density at radius 2 is 1.53 bits per heavy atom. The van der Waals surface area contributed by atoms with Crippen LogP contribution >= 0.6 is 15.9 Å². The lowest BCUT2D eigenvalue weighted by Crippen LogP contribution is -2.53. The average molecular weight is 601 g/mol. The van der Waals surface area contributed by atoms with Crippen LogP contribution in [-0.4, -0.2) is 50.5 Å². The maximum absolute atomic E-state index is 14.0. The first-order valence-electron chi connectivity index (χ1n) is 12.5. The minimum atomic E-state index is -3.79. The number of rotatable bonds is 12. The van der Waals surface area contributed by atoms with E-state index in [9.17, 15) is 18.0 Å². The summed E-state index contributed by atoms with van der Waals surface area (Å²) in [6, 6.07) is 23.3. The Hall–Kier alpha value is -3.17. The van der Waals surface area contributed by atoms with Gasteiger partial charge in [0.05, 0.1) is 11.9 Å². The molecule has 0 unspecified atom stereocenters. The molecule has 7 nitrogen and oxygen atoms in total. The molecule has 3 aromatic carbocycles. The number of sulfonamides is 1. The van der Waals surface area contributed by atoms with Crippen molar-refractivity contribution in [3.05, 3.63) is 100 Å². The third kappa shape index (κ3) is 7.91. The number of amides is 2. The number of halogens is 1. The van der Waals surface area contributed by atoms with E-state index in [0.717, 1.165) is 31.7 Å². The summed E-state index contributed by atoms with van der Waals surface area (Å²) in [6.07, 6.45) is 1.99. The van der Waals surface area contributed by atoms with E-state index in [-0.39, 0.29) is 12.5 Å². The molecule has 0 radical (unpaired) electrons. The quantitative estimate of drug-likeness (QED) is 0.331. The molecule has 3 aromatic rings. The zero-order chi connectivity index (χ0) is 27.7. The fraction of sp³-hybridized carbons (Fsp3) is 0.310. The average Bonchev–Trinajstić information content (AvgIpc) is 2.90. The summed E-state index contributed by atoms with van der Waals surface area (Å²) in [5, 5.41) is 2.86. The number of carbonyl (C=O) groups is 2. The van der Waals surface area contributed by atoms with E-state index in [1.54, 1.807) is 12.1 Å². The van der Waals surface area contributed by atoms with Crippen LogP contribution < -0.4 is 9.62 Å². The van der Waals surface area contributed by atoms with Gasteiger partial charge in [0.2, 0.25) is 21.8 Å². The van der Waals surface area contributed by atoms with Crippen molar-refractivity contribution in [2.45, 2.75) is 39.3 Å². The van der Waals surface area contributed by atoms with Gasteiger partial charge in [0.1, 0.15) is 12.6 Å². The Morgan fingerprint density at radius 3 is 2.13 bits per heavy atom. The number of carbonyl (C=O) groups excluding carboxylic acids is 2. The van der Waals surface area contributed by atoms with E-state index in [4.69, 9.17) is 0 Å². The third-order valence-corrected chi connectivity index (χ3v) is 7.86. The first-order valence-corrected chi connectivity index (χ1v) is 15.2. The van der Waals surface area contributed by atoms with Gasteiger partial charge in [-0.3, -0.25) is 13.9 Å². The van der Waals surface area contributed by atoms with Crippen molar-refractivity contribution in [3.63, 3.8) is 0 Å². The van der Waals surface area contributed by atoms with E-state index < -0.39 is 28.5 Å². The highest BCUT2D eigenvalue weighted by Crippen LogP contribution is 2.25. The van der Waals surface area contributed by atoms with Crippen LogP contribution in [0.5, 0.6) is 0 Å². The van der Waals surface area contributed by atoms with Gasteiger partial charge in [-0.1, -0.05) is 83.5 Å². The topological polar surface area (TPSA) is 86.8 Å². The van der Waals surface area contributed by atoms with Gasteiger partial charge in [-0.05, 0) is 48.2 Å². The highest BCUT2D eigenvalue weighted by atomic mass is 79.9. The van der Waals surface area contributed by atoms with E-state index in [1.165, 1.54) is 4.90 Å². The van der Waals surface area contributed by atoms with Gasteiger partial charge < -0.3 is 10.2 Å². The molecule has 0 aliphatic carbocycles. The van der Waals surface area contributed by atoms with Crippen LogP contribution in [0.25, 0.3) is 0 Å². The van der Waals surface area contributed by atoms with Crippen LogP contribution in [0.2, 0.25) is 0 Å². The van der Waals surface area contributed by atoms with Crippen molar-refractivity contribution in [1.29, 1.82) is 0 Å². The van der Waals surface area contributed by atoms with Gasteiger partial charge in [-0.15, -0.1) is 0 Å². The molecular weight excluding hydrogens is 566 g/mol. The van der Waals surface area contributed by atoms with Gasteiger partial charge in [0, 0.05) is 24.0 Å². The maximum atomic E-state index is 14.0. The molecule has 0 fully saturated rings. The van der Waals surface area contributed by atoms with Crippen molar-refractivity contribution in [1.82, 2.24) is 10.2 Å². The number of hydrogen-bond acceptors (Lipinski definition) is 4. The molecule has 0 spiro atoms. The Labute approximate surface area is 234 Å². The zero-order valence-electron chi connectivity index (χ0n) is 21.9. The lowest BCUT2D eigenvalue weighted by molar-refractivity contribution is -0.140. The Bertz CT molecular complexity index is 1330. The smallest absolute Gasteiger partial charge is 0.244 e. The van der Waals surface area contributed by atoms with Crippen LogP contribution in [0, 0.1) is 0 Å². The maximum Gasteiger partial charge on any atom is 0.244 e. The molecule has 3 rings (SSSR count).